The number of hydrogen-bond acceptors (Lipinski definition) is 3. The summed E-state index contributed by atoms with van der Waals surface area (Å²) in [6, 6.07) is 3.70. The minimum Gasteiger partial charge on any atom is -0.456 e. The summed E-state index contributed by atoms with van der Waals surface area (Å²) in [5.74, 6) is 1.71. The van der Waals surface area contributed by atoms with Crippen molar-refractivity contribution in [3.63, 3.8) is 0 Å². The monoisotopic (exact) mass is 236 g/mol. The van der Waals surface area contributed by atoms with Gasteiger partial charge >= 0.3 is 0 Å². The van der Waals surface area contributed by atoms with Crippen LogP contribution in [0.4, 0.5) is 0 Å². The Morgan fingerprint density at radius 3 is 2.88 bits per heavy atom. The molecule has 0 saturated carbocycles. The fourth-order valence-corrected chi connectivity index (χ4v) is 2.40. The number of carbonyl (C=O) groups is 1. The number of hydrogen-bond donors (Lipinski definition) is 1. The van der Waals surface area contributed by atoms with E-state index < -0.39 is 0 Å². The van der Waals surface area contributed by atoms with Crippen LogP contribution in [-0.4, -0.2) is 29.9 Å². The molecule has 0 aliphatic carbocycles. The Hall–Kier alpha value is -1.29. The lowest BCUT2D eigenvalue weighted by Crippen LogP contribution is -2.48. The van der Waals surface area contributed by atoms with Gasteiger partial charge in [0.25, 0.3) is 5.91 Å². The summed E-state index contributed by atoms with van der Waals surface area (Å²) in [6.45, 7) is 5.53. The normalized spacial score (nSPS) is 25.0. The van der Waals surface area contributed by atoms with Gasteiger partial charge in [-0.25, -0.2) is 0 Å². The number of rotatable bonds is 2. The second kappa shape index (κ2) is 4.92. The molecule has 1 fully saturated rings. The zero-order valence-corrected chi connectivity index (χ0v) is 10.5. The zero-order chi connectivity index (χ0) is 12.4. The summed E-state index contributed by atoms with van der Waals surface area (Å²) in [5.41, 5.74) is 5.94. The molecular formula is C13H20N2O2. The number of amides is 1. The second-order valence-electron chi connectivity index (χ2n) is 4.93. The third-order valence-electron chi connectivity index (χ3n) is 3.20. The minimum atomic E-state index is -0.0355. The van der Waals surface area contributed by atoms with E-state index in [1.54, 1.807) is 11.0 Å². The van der Waals surface area contributed by atoms with Crippen LogP contribution >= 0.6 is 0 Å². The molecule has 1 saturated heterocycles. The Kier molecular flexibility index (Phi) is 3.52. The molecule has 0 aromatic carbocycles. The summed E-state index contributed by atoms with van der Waals surface area (Å²) >= 11 is 0. The Morgan fingerprint density at radius 2 is 2.29 bits per heavy atom. The summed E-state index contributed by atoms with van der Waals surface area (Å²) in [5, 5.41) is 0. The summed E-state index contributed by atoms with van der Waals surface area (Å²) in [7, 11) is 0. The highest BCUT2D eigenvalue weighted by molar-refractivity contribution is 5.91. The van der Waals surface area contributed by atoms with E-state index in [0.29, 0.717) is 18.2 Å². The molecule has 1 aromatic heterocycles. The number of aryl methyl sites for hydroxylation is 1. The molecule has 1 aromatic rings. The molecule has 2 N–H and O–H groups in total. The molecule has 2 unspecified atom stereocenters. The lowest BCUT2D eigenvalue weighted by molar-refractivity contribution is 0.0627. The molecule has 4 nitrogen and oxygen atoms in total. The molecule has 1 aliphatic rings. The fourth-order valence-electron chi connectivity index (χ4n) is 2.40. The molecule has 1 amide bonds. The lowest BCUT2D eigenvalue weighted by Gasteiger charge is -2.34. The van der Waals surface area contributed by atoms with Gasteiger partial charge in [0.15, 0.2) is 5.76 Å². The zero-order valence-electron chi connectivity index (χ0n) is 10.5. The third-order valence-corrected chi connectivity index (χ3v) is 3.20. The highest BCUT2D eigenvalue weighted by atomic mass is 16.4. The quantitative estimate of drug-likeness (QED) is 0.849. The number of nitrogens with two attached hydrogens (primary N) is 1. The van der Waals surface area contributed by atoms with Gasteiger partial charge in [0.05, 0.1) is 0 Å². The number of furan rings is 1. The molecule has 17 heavy (non-hydrogen) atoms. The van der Waals surface area contributed by atoms with Gasteiger partial charge in [-0.3, -0.25) is 4.79 Å². The standard InChI is InChI=1S/C13H20N2O2/c1-3-11-4-5-12(17-11)13(16)15-7-9(2)6-10(14)8-15/h4-5,9-10H,3,6-8,14H2,1-2H3. The van der Waals surface area contributed by atoms with E-state index in [2.05, 4.69) is 6.92 Å². The minimum absolute atomic E-state index is 0.0355. The molecule has 4 heteroatoms. The number of likely N-dealkylation sites (tertiary alicyclic amines) is 1. The van der Waals surface area contributed by atoms with Gasteiger partial charge in [0.2, 0.25) is 0 Å². The molecule has 94 valence electrons. The average molecular weight is 236 g/mol. The van der Waals surface area contributed by atoms with Crippen molar-refractivity contribution in [2.45, 2.75) is 32.7 Å². The van der Waals surface area contributed by atoms with Crippen LogP contribution in [0.3, 0.4) is 0 Å². The lowest BCUT2D eigenvalue weighted by atomic mass is 9.96. The molecule has 2 rings (SSSR count). The maximum absolute atomic E-state index is 12.2. The van der Waals surface area contributed by atoms with Crippen molar-refractivity contribution in [2.75, 3.05) is 13.1 Å². The summed E-state index contributed by atoms with van der Waals surface area (Å²) < 4.78 is 5.49. The van der Waals surface area contributed by atoms with E-state index in [1.165, 1.54) is 0 Å². The maximum atomic E-state index is 12.2. The molecular weight excluding hydrogens is 216 g/mol. The Labute approximate surface area is 102 Å². The van der Waals surface area contributed by atoms with Gasteiger partial charge in [0, 0.05) is 25.6 Å². The highest BCUT2D eigenvalue weighted by Crippen LogP contribution is 2.18. The fraction of sp³-hybridized carbons (Fsp3) is 0.615. The van der Waals surface area contributed by atoms with Crippen molar-refractivity contribution in [1.82, 2.24) is 4.90 Å². The van der Waals surface area contributed by atoms with Gasteiger partial charge < -0.3 is 15.1 Å². The van der Waals surface area contributed by atoms with Gasteiger partial charge in [-0.05, 0) is 24.5 Å². The van der Waals surface area contributed by atoms with Crippen LogP contribution in [-0.2, 0) is 6.42 Å². The van der Waals surface area contributed by atoms with Crippen molar-refractivity contribution >= 4 is 5.91 Å². The predicted octanol–water partition coefficient (Wildman–Crippen LogP) is 1.65. The van der Waals surface area contributed by atoms with Crippen LogP contribution in [0.5, 0.6) is 0 Å². The Morgan fingerprint density at radius 1 is 1.53 bits per heavy atom. The van der Waals surface area contributed by atoms with Crippen molar-refractivity contribution in [3.05, 3.63) is 23.7 Å². The third kappa shape index (κ3) is 2.69. The van der Waals surface area contributed by atoms with E-state index in [-0.39, 0.29) is 11.9 Å². The second-order valence-corrected chi connectivity index (χ2v) is 4.93. The maximum Gasteiger partial charge on any atom is 0.289 e. The Bertz CT molecular complexity index is 390. The van der Waals surface area contributed by atoms with E-state index in [4.69, 9.17) is 10.2 Å². The van der Waals surface area contributed by atoms with Crippen LogP contribution in [0, 0.1) is 5.92 Å². The van der Waals surface area contributed by atoms with E-state index in [0.717, 1.165) is 25.1 Å². The first-order chi connectivity index (χ1) is 8.10. The summed E-state index contributed by atoms with van der Waals surface area (Å²) in [4.78, 5) is 14.0. The largest absolute Gasteiger partial charge is 0.456 e. The van der Waals surface area contributed by atoms with Crippen molar-refractivity contribution in [1.29, 1.82) is 0 Å². The van der Waals surface area contributed by atoms with Crippen molar-refractivity contribution in [2.24, 2.45) is 11.7 Å². The van der Waals surface area contributed by atoms with E-state index in [1.807, 2.05) is 13.0 Å². The van der Waals surface area contributed by atoms with Crippen molar-refractivity contribution < 1.29 is 9.21 Å². The molecule has 0 bridgehead atoms. The SMILES string of the molecule is CCc1ccc(C(=O)N2CC(C)CC(N)C2)o1. The first-order valence-corrected chi connectivity index (χ1v) is 6.23. The van der Waals surface area contributed by atoms with Crippen LogP contribution in [0.2, 0.25) is 0 Å². The predicted molar refractivity (Wildman–Crippen MR) is 65.7 cm³/mol. The first kappa shape index (κ1) is 12.2. The molecule has 0 radical (unpaired) electrons. The molecule has 2 atom stereocenters. The number of nitrogens with zero attached hydrogens (tertiary/aromatic N) is 1. The van der Waals surface area contributed by atoms with Crippen LogP contribution in [0.15, 0.2) is 16.5 Å². The van der Waals surface area contributed by atoms with E-state index in [9.17, 15) is 4.79 Å². The molecule has 0 spiro atoms. The smallest absolute Gasteiger partial charge is 0.289 e. The number of piperidine rings is 1. The highest BCUT2D eigenvalue weighted by Gasteiger charge is 2.27. The number of carbonyl (C=O) groups excluding carboxylic acids is 1. The molecule has 1 aliphatic heterocycles. The first-order valence-electron chi connectivity index (χ1n) is 6.23. The van der Waals surface area contributed by atoms with Crippen LogP contribution < -0.4 is 5.73 Å². The Balaban J connectivity index is 2.08. The van der Waals surface area contributed by atoms with Crippen molar-refractivity contribution in [3.8, 4) is 0 Å². The van der Waals surface area contributed by atoms with E-state index >= 15 is 0 Å². The topological polar surface area (TPSA) is 59.5 Å². The van der Waals surface area contributed by atoms with Gasteiger partial charge in [-0.15, -0.1) is 0 Å². The van der Waals surface area contributed by atoms with Gasteiger partial charge in [-0.2, -0.15) is 0 Å². The van der Waals surface area contributed by atoms with Crippen LogP contribution in [0.1, 0.15) is 36.6 Å². The molecule has 2 heterocycles. The summed E-state index contributed by atoms with van der Waals surface area (Å²) in [6.07, 6.45) is 1.80. The van der Waals surface area contributed by atoms with Gasteiger partial charge in [0.1, 0.15) is 5.76 Å². The van der Waals surface area contributed by atoms with Gasteiger partial charge in [-0.1, -0.05) is 13.8 Å². The van der Waals surface area contributed by atoms with Crippen LogP contribution in [0.25, 0.3) is 0 Å². The average Bonchev–Trinajstić information content (AvgIpc) is 2.75.